The lowest BCUT2D eigenvalue weighted by Gasteiger charge is -2.04. The van der Waals surface area contributed by atoms with Gasteiger partial charge in [-0.1, -0.05) is 42.5 Å². The second-order valence-electron chi connectivity index (χ2n) is 4.97. The third-order valence-corrected chi connectivity index (χ3v) is 3.46. The minimum atomic E-state index is -0.0548. The maximum Gasteiger partial charge on any atom is 0.185 e. The number of furan rings is 1. The summed E-state index contributed by atoms with van der Waals surface area (Å²) in [6.07, 6.45) is 3.19. The molecule has 0 unspecified atom stereocenters. The molecule has 23 heavy (non-hydrogen) atoms. The van der Waals surface area contributed by atoms with E-state index in [2.05, 4.69) is 0 Å². The highest BCUT2D eigenvalue weighted by molar-refractivity contribution is 6.06. The van der Waals surface area contributed by atoms with Crippen molar-refractivity contribution in [3.8, 4) is 17.1 Å². The lowest BCUT2D eigenvalue weighted by Crippen LogP contribution is -1.92. The first-order valence-corrected chi connectivity index (χ1v) is 7.28. The first-order valence-electron chi connectivity index (χ1n) is 7.28. The molecule has 1 aromatic heterocycles. The fraction of sp³-hybridized carbons (Fsp3) is 0.0500. The molecule has 0 saturated carbocycles. The number of benzene rings is 2. The Labute approximate surface area is 134 Å². The molecule has 3 heteroatoms. The van der Waals surface area contributed by atoms with E-state index < -0.39 is 0 Å². The zero-order chi connectivity index (χ0) is 16.1. The van der Waals surface area contributed by atoms with Gasteiger partial charge in [0.25, 0.3) is 0 Å². The van der Waals surface area contributed by atoms with E-state index >= 15 is 0 Å². The first kappa shape index (κ1) is 14.9. The van der Waals surface area contributed by atoms with Crippen LogP contribution < -0.4 is 4.74 Å². The zero-order valence-electron chi connectivity index (χ0n) is 12.7. The summed E-state index contributed by atoms with van der Waals surface area (Å²) in [5.41, 5.74) is 1.53. The Bertz CT molecular complexity index is 829. The Morgan fingerprint density at radius 3 is 2.48 bits per heavy atom. The van der Waals surface area contributed by atoms with Gasteiger partial charge in [-0.3, -0.25) is 4.79 Å². The second kappa shape index (κ2) is 6.79. The van der Waals surface area contributed by atoms with Gasteiger partial charge in [-0.2, -0.15) is 0 Å². The third-order valence-electron chi connectivity index (χ3n) is 3.46. The highest BCUT2D eigenvalue weighted by Crippen LogP contribution is 2.31. The minimum absolute atomic E-state index is 0.0548. The Morgan fingerprint density at radius 1 is 0.957 bits per heavy atom. The van der Waals surface area contributed by atoms with Gasteiger partial charge in [0, 0.05) is 5.56 Å². The molecule has 1 heterocycles. The standard InChI is InChI=1S/C20H16O3/c1-22-19-10-6-5-9-17(19)20-14-12-16(23-20)11-13-18(21)15-7-3-2-4-8-15/h2-14H,1H3/b13-11+. The second-order valence-corrected chi connectivity index (χ2v) is 4.97. The maximum atomic E-state index is 12.0. The summed E-state index contributed by atoms with van der Waals surface area (Å²) in [6, 6.07) is 20.5. The van der Waals surface area contributed by atoms with Crippen LogP contribution in [0.4, 0.5) is 0 Å². The molecule has 0 radical (unpaired) electrons. The number of allylic oxidation sites excluding steroid dienone is 1. The summed E-state index contributed by atoms with van der Waals surface area (Å²) in [5.74, 6) is 2.02. The lowest BCUT2D eigenvalue weighted by atomic mass is 10.1. The van der Waals surface area contributed by atoms with E-state index in [-0.39, 0.29) is 5.78 Å². The normalized spacial score (nSPS) is 10.8. The summed E-state index contributed by atoms with van der Waals surface area (Å²) in [5, 5.41) is 0. The smallest absolute Gasteiger partial charge is 0.185 e. The van der Waals surface area contributed by atoms with Gasteiger partial charge in [-0.15, -0.1) is 0 Å². The van der Waals surface area contributed by atoms with E-state index in [1.807, 2.05) is 54.6 Å². The topological polar surface area (TPSA) is 39.4 Å². The van der Waals surface area contributed by atoms with Crippen molar-refractivity contribution in [1.82, 2.24) is 0 Å². The molecular weight excluding hydrogens is 288 g/mol. The van der Waals surface area contributed by atoms with E-state index in [1.165, 1.54) is 6.08 Å². The number of ketones is 1. The third kappa shape index (κ3) is 3.40. The predicted molar refractivity (Wildman–Crippen MR) is 90.5 cm³/mol. The van der Waals surface area contributed by atoms with Crippen molar-refractivity contribution in [2.75, 3.05) is 7.11 Å². The van der Waals surface area contributed by atoms with Crippen molar-refractivity contribution in [3.05, 3.63) is 84.1 Å². The average Bonchev–Trinajstić information content (AvgIpc) is 3.09. The molecule has 0 aliphatic rings. The van der Waals surface area contributed by atoms with Crippen LogP contribution in [0.1, 0.15) is 16.1 Å². The molecule has 0 N–H and O–H groups in total. The SMILES string of the molecule is COc1ccccc1-c1ccc(/C=C/C(=O)c2ccccc2)o1. The minimum Gasteiger partial charge on any atom is -0.496 e. The van der Waals surface area contributed by atoms with Gasteiger partial charge in [0.1, 0.15) is 17.3 Å². The highest BCUT2D eigenvalue weighted by atomic mass is 16.5. The number of carbonyl (C=O) groups excluding carboxylic acids is 1. The highest BCUT2D eigenvalue weighted by Gasteiger charge is 2.09. The van der Waals surface area contributed by atoms with E-state index in [9.17, 15) is 4.79 Å². The molecule has 0 aliphatic heterocycles. The van der Waals surface area contributed by atoms with Gasteiger partial charge in [0.05, 0.1) is 12.7 Å². The molecule has 0 fully saturated rings. The van der Waals surface area contributed by atoms with Gasteiger partial charge in [0.15, 0.2) is 5.78 Å². The van der Waals surface area contributed by atoms with E-state index in [4.69, 9.17) is 9.15 Å². The monoisotopic (exact) mass is 304 g/mol. The fourth-order valence-corrected chi connectivity index (χ4v) is 2.29. The molecule has 0 atom stereocenters. The molecule has 0 bridgehead atoms. The van der Waals surface area contributed by atoms with Crippen molar-refractivity contribution in [1.29, 1.82) is 0 Å². The van der Waals surface area contributed by atoms with E-state index in [0.29, 0.717) is 17.1 Å². The maximum absolute atomic E-state index is 12.0. The Morgan fingerprint density at radius 2 is 1.70 bits per heavy atom. The number of hydrogen-bond donors (Lipinski definition) is 0. The molecule has 114 valence electrons. The number of ether oxygens (including phenoxy) is 1. The number of hydrogen-bond acceptors (Lipinski definition) is 3. The van der Waals surface area contributed by atoms with Crippen LogP contribution in [-0.4, -0.2) is 12.9 Å². The average molecular weight is 304 g/mol. The quantitative estimate of drug-likeness (QED) is 0.499. The van der Waals surface area contributed by atoms with Gasteiger partial charge in [-0.05, 0) is 36.4 Å². The number of methoxy groups -OCH3 is 1. The molecule has 2 aromatic carbocycles. The fourth-order valence-electron chi connectivity index (χ4n) is 2.29. The first-order chi connectivity index (χ1) is 11.3. The molecule has 0 aliphatic carbocycles. The summed E-state index contributed by atoms with van der Waals surface area (Å²) < 4.78 is 11.1. The van der Waals surface area contributed by atoms with Gasteiger partial charge in [-0.25, -0.2) is 0 Å². The number of para-hydroxylation sites is 1. The van der Waals surface area contributed by atoms with Crippen LogP contribution in [0.2, 0.25) is 0 Å². The molecule has 3 aromatic rings. The van der Waals surface area contributed by atoms with Crippen LogP contribution in [0, 0.1) is 0 Å². The van der Waals surface area contributed by atoms with E-state index in [0.717, 1.165) is 11.3 Å². The summed E-state index contributed by atoms with van der Waals surface area (Å²) >= 11 is 0. The Kier molecular flexibility index (Phi) is 4.39. The molecule has 0 spiro atoms. The van der Waals surface area contributed by atoms with E-state index in [1.54, 1.807) is 25.3 Å². The summed E-state index contributed by atoms with van der Waals surface area (Å²) in [4.78, 5) is 12.0. The molecular formula is C20H16O3. The largest absolute Gasteiger partial charge is 0.496 e. The number of rotatable bonds is 5. The summed E-state index contributed by atoms with van der Waals surface area (Å²) in [6.45, 7) is 0. The molecule has 3 rings (SSSR count). The van der Waals surface area contributed by atoms with Crippen molar-refractivity contribution >= 4 is 11.9 Å². The molecule has 0 amide bonds. The van der Waals surface area contributed by atoms with Crippen molar-refractivity contribution < 1.29 is 13.9 Å². The summed E-state index contributed by atoms with van der Waals surface area (Å²) in [7, 11) is 1.63. The molecule has 0 saturated heterocycles. The van der Waals surface area contributed by atoms with Gasteiger partial charge in [0.2, 0.25) is 0 Å². The number of carbonyl (C=O) groups is 1. The van der Waals surface area contributed by atoms with Crippen LogP contribution in [-0.2, 0) is 0 Å². The zero-order valence-corrected chi connectivity index (χ0v) is 12.7. The van der Waals surface area contributed by atoms with Crippen LogP contribution in [0.3, 0.4) is 0 Å². The van der Waals surface area contributed by atoms with Crippen molar-refractivity contribution in [2.45, 2.75) is 0 Å². The van der Waals surface area contributed by atoms with Crippen LogP contribution in [0.5, 0.6) is 5.75 Å². The van der Waals surface area contributed by atoms with Gasteiger partial charge >= 0.3 is 0 Å². The van der Waals surface area contributed by atoms with Crippen LogP contribution in [0.25, 0.3) is 17.4 Å². The van der Waals surface area contributed by atoms with Crippen LogP contribution >= 0.6 is 0 Å². The lowest BCUT2D eigenvalue weighted by molar-refractivity contribution is 0.104. The predicted octanol–water partition coefficient (Wildman–Crippen LogP) is 4.85. The van der Waals surface area contributed by atoms with Crippen molar-refractivity contribution in [2.24, 2.45) is 0 Å². The van der Waals surface area contributed by atoms with Crippen molar-refractivity contribution in [3.63, 3.8) is 0 Å². The Balaban J connectivity index is 1.80. The van der Waals surface area contributed by atoms with Crippen LogP contribution in [0.15, 0.2) is 77.2 Å². The van der Waals surface area contributed by atoms with Gasteiger partial charge < -0.3 is 9.15 Å². The Hall–Kier alpha value is -3.07. The molecule has 3 nitrogen and oxygen atoms in total.